The first-order valence-corrected chi connectivity index (χ1v) is 6.14. The number of rotatable bonds is 5. The van der Waals surface area contributed by atoms with Gasteiger partial charge in [0.2, 0.25) is 5.91 Å². The summed E-state index contributed by atoms with van der Waals surface area (Å²) in [7, 11) is 1.85. The minimum atomic E-state index is 0.174. The molecule has 2 aromatic rings. The van der Waals surface area contributed by atoms with Crippen LogP contribution in [0.1, 0.15) is 12.0 Å². The van der Waals surface area contributed by atoms with Crippen LogP contribution in [0.2, 0.25) is 0 Å². The van der Waals surface area contributed by atoms with E-state index in [2.05, 4.69) is 0 Å². The Balaban J connectivity index is 1.82. The molecule has 1 aromatic carbocycles. The Morgan fingerprint density at radius 3 is 2.44 bits per heavy atom. The predicted molar refractivity (Wildman–Crippen MR) is 72.0 cm³/mol. The molecule has 0 radical (unpaired) electrons. The van der Waals surface area contributed by atoms with Crippen molar-refractivity contribution in [1.82, 2.24) is 9.47 Å². The predicted octanol–water partition coefficient (Wildman–Crippen LogP) is 2.54. The van der Waals surface area contributed by atoms with Gasteiger partial charge in [0, 0.05) is 39.0 Å². The first-order valence-electron chi connectivity index (χ1n) is 6.14. The second-order valence-corrected chi connectivity index (χ2v) is 4.41. The number of amides is 1. The molecule has 18 heavy (non-hydrogen) atoms. The molecule has 2 rings (SSSR count). The maximum atomic E-state index is 12.0. The Kier molecular flexibility index (Phi) is 4.18. The Hall–Kier alpha value is -2.03. The van der Waals surface area contributed by atoms with Crippen molar-refractivity contribution in [3.63, 3.8) is 0 Å². The third-order valence-electron chi connectivity index (χ3n) is 2.94. The lowest BCUT2D eigenvalue weighted by Crippen LogP contribution is -2.26. The van der Waals surface area contributed by atoms with Crippen molar-refractivity contribution in [2.45, 2.75) is 19.5 Å². The number of carbonyl (C=O) groups is 1. The molecule has 0 bridgehead atoms. The third kappa shape index (κ3) is 3.48. The minimum Gasteiger partial charge on any atom is -0.354 e. The lowest BCUT2D eigenvalue weighted by Gasteiger charge is -2.17. The highest BCUT2D eigenvalue weighted by Gasteiger charge is 2.08. The van der Waals surface area contributed by atoms with Crippen LogP contribution in [0.15, 0.2) is 54.9 Å². The smallest absolute Gasteiger partial charge is 0.224 e. The highest BCUT2D eigenvalue weighted by atomic mass is 16.2. The van der Waals surface area contributed by atoms with E-state index in [0.717, 1.165) is 12.1 Å². The SMILES string of the molecule is CN(Cc1ccccc1)C(=O)CCn1cccc1. The van der Waals surface area contributed by atoms with Gasteiger partial charge in [0.05, 0.1) is 0 Å². The van der Waals surface area contributed by atoms with E-state index in [1.165, 1.54) is 0 Å². The van der Waals surface area contributed by atoms with Crippen molar-refractivity contribution >= 4 is 5.91 Å². The van der Waals surface area contributed by atoms with Gasteiger partial charge in [-0.15, -0.1) is 0 Å². The average molecular weight is 242 g/mol. The molecule has 0 saturated carbocycles. The van der Waals surface area contributed by atoms with Crippen molar-refractivity contribution in [2.75, 3.05) is 7.05 Å². The van der Waals surface area contributed by atoms with Gasteiger partial charge in [0.1, 0.15) is 0 Å². The Morgan fingerprint density at radius 2 is 1.78 bits per heavy atom. The zero-order valence-corrected chi connectivity index (χ0v) is 10.6. The largest absolute Gasteiger partial charge is 0.354 e. The molecule has 3 heteroatoms. The molecule has 0 spiro atoms. The van der Waals surface area contributed by atoms with Crippen LogP contribution in [0, 0.1) is 0 Å². The van der Waals surface area contributed by atoms with Crippen molar-refractivity contribution in [2.24, 2.45) is 0 Å². The molecule has 0 fully saturated rings. The average Bonchev–Trinajstić information content (AvgIpc) is 2.90. The van der Waals surface area contributed by atoms with Crippen LogP contribution >= 0.6 is 0 Å². The Morgan fingerprint density at radius 1 is 1.11 bits per heavy atom. The van der Waals surface area contributed by atoms with Crippen LogP contribution in [0.5, 0.6) is 0 Å². The molecule has 0 unspecified atom stereocenters. The van der Waals surface area contributed by atoms with E-state index in [0.29, 0.717) is 13.0 Å². The summed E-state index contributed by atoms with van der Waals surface area (Å²) in [6, 6.07) is 14.0. The molecule has 0 saturated heterocycles. The summed E-state index contributed by atoms with van der Waals surface area (Å²) in [4.78, 5) is 13.7. The number of aromatic nitrogens is 1. The number of aryl methyl sites for hydroxylation is 1. The molecule has 0 aliphatic carbocycles. The topological polar surface area (TPSA) is 25.2 Å². The van der Waals surface area contributed by atoms with Gasteiger partial charge in [-0.25, -0.2) is 0 Å². The van der Waals surface area contributed by atoms with Gasteiger partial charge in [-0.05, 0) is 17.7 Å². The standard InChI is InChI=1S/C15H18N2O/c1-16(13-14-7-3-2-4-8-14)15(18)9-12-17-10-5-6-11-17/h2-8,10-11H,9,12-13H2,1H3. The highest BCUT2D eigenvalue weighted by molar-refractivity contribution is 5.75. The summed E-state index contributed by atoms with van der Waals surface area (Å²) in [6.07, 6.45) is 4.49. The molecule has 3 nitrogen and oxygen atoms in total. The first-order chi connectivity index (χ1) is 8.75. The summed E-state index contributed by atoms with van der Waals surface area (Å²) in [6.45, 7) is 1.41. The first kappa shape index (κ1) is 12.4. The van der Waals surface area contributed by atoms with Crippen molar-refractivity contribution in [3.8, 4) is 0 Å². The molecular formula is C15H18N2O. The number of hydrogen-bond donors (Lipinski definition) is 0. The van der Waals surface area contributed by atoms with Crippen LogP contribution in [0.25, 0.3) is 0 Å². The van der Waals surface area contributed by atoms with Crippen LogP contribution < -0.4 is 0 Å². The quantitative estimate of drug-likeness (QED) is 0.791. The Labute approximate surface area is 108 Å². The van der Waals surface area contributed by atoms with Gasteiger partial charge in [-0.2, -0.15) is 0 Å². The van der Waals surface area contributed by atoms with Gasteiger partial charge in [-0.1, -0.05) is 30.3 Å². The lowest BCUT2D eigenvalue weighted by atomic mass is 10.2. The van der Waals surface area contributed by atoms with E-state index < -0.39 is 0 Å². The molecule has 1 aromatic heterocycles. The molecule has 0 aliphatic heterocycles. The molecule has 1 heterocycles. The van der Waals surface area contributed by atoms with E-state index >= 15 is 0 Å². The van der Waals surface area contributed by atoms with Gasteiger partial charge >= 0.3 is 0 Å². The number of benzene rings is 1. The summed E-state index contributed by atoms with van der Waals surface area (Å²) in [5.74, 6) is 0.174. The van der Waals surface area contributed by atoms with Crippen LogP contribution in [0.3, 0.4) is 0 Å². The molecule has 0 N–H and O–H groups in total. The second kappa shape index (κ2) is 6.05. The zero-order valence-electron chi connectivity index (χ0n) is 10.6. The number of hydrogen-bond acceptors (Lipinski definition) is 1. The summed E-state index contributed by atoms with van der Waals surface area (Å²) >= 11 is 0. The minimum absolute atomic E-state index is 0.174. The maximum absolute atomic E-state index is 12.0. The van der Waals surface area contributed by atoms with Crippen molar-refractivity contribution in [1.29, 1.82) is 0 Å². The fourth-order valence-corrected chi connectivity index (χ4v) is 1.88. The summed E-state index contributed by atoms with van der Waals surface area (Å²) < 4.78 is 2.02. The van der Waals surface area contributed by atoms with E-state index in [1.807, 2.05) is 66.5 Å². The van der Waals surface area contributed by atoms with Gasteiger partial charge in [-0.3, -0.25) is 4.79 Å². The van der Waals surface area contributed by atoms with Crippen LogP contribution in [0.4, 0.5) is 0 Å². The van der Waals surface area contributed by atoms with Gasteiger partial charge in [0.15, 0.2) is 0 Å². The second-order valence-electron chi connectivity index (χ2n) is 4.41. The normalized spacial score (nSPS) is 10.3. The van der Waals surface area contributed by atoms with Gasteiger partial charge in [0.25, 0.3) is 0 Å². The molecule has 1 amide bonds. The monoisotopic (exact) mass is 242 g/mol. The number of carbonyl (C=O) groups excluding carboxylic acids is 1. The van der Waals surface area contributed by atoms with E-state index in [1.54, 1.807) is 4.90 Å². The fourth-order valence-electron chi connectivity index (χ4n) is 1.88. The zero-order chi connectivity index (χ0) is 12.8. The van der Waals surface area contributed by atoms with Crippen LogP contribution in [-0.4, -0.2) is 22.4 Å². The summed E-state index contributed by atoms with van der Waals surface area (Å²) in [5, 5.41) is 0. The van der Waals surface area contributed by atoms with Crippen molar-refractivity contribution < 1.29 is 4.79 Å². The lowest BCUT2D eigenvalue weighted by molar-refractivity contribution is -0.130. The molecule has 94 valence electrons. The van der Waals surface area contributed by atoms with Crippen LogP contribution in [-0.2, 0) is 17.9 Å². The van der Waals surface area contributed by atoms with E-state index in [-0.39, 0.29) is 5.91 Å². The van der Waals surface area contributed by atoms with E-state index in [9.17, 15) is 4.79 Å². The summed E-state index contributed by atoms with van der Waals surface area (Å²) in [5.41, 5.74) is 1.16. The fraction of sp³-hybridized carbons (Fsp3) is 0.267. The molecule has 0 aliphatic rings. The van der Waals surface area contributed by atoms with Gasteiger partial charge < -0.3 is 9.47 Å². The Bertz CT molecular complexity index is 476. The number of nitrogens with zero attached hydrogens (tertiary/aromatic N) is 2. The highest BCUT2D eigenvalue weighted by Crippen LogP contribution is 2.04. The third-order valence-corrected chi connectivity index (χ3v) is 2.94. The maximum Gasteiger partial charge on any atom is 0.224 e. The molecular weight excluding hydrogens is 224 g/mol. The molecule has 0 atom stereocenters. The van der Waals surface area contributed by atoms with Crippen molar-refractivity contribution in [3.05, 3.63) is 60.4 Å². The van der Waals surface area contributed by atoms with E-state index in [4.69, 9.17) is 0 Å².